The summed E-state index contributed by atoms with van der Waals surface area (Å²) < 4.78 is 15.4. The summed E-state index contributed by atoms with van der Waals surface area (Å²) in [7, 11) is 3.25. The zero-order valence-electron chi connectivity index (χ0n) is 10.5. The van der Waals surface area contributed by atoms with Gasteiger partial charge in [-0.1, -0.05) is 11.2 Å². The molecule has 2 rings (SSSR count). The van der Waals surface area contributed by atoms with E-state index in [0.717, 1.165) is 29.4 Å². The van der Waals surface area contributed by atoms with E-state index in [1.807, 2.05) is 24.3 Å². The summed E-state index contributed by atoms with van der Waals surface area (Å²) in [6, 6.07) is 7.67. The van der Waals surface area contributed by atoms with Gasteiger partial charge in [0.1, 0.15) is 5.76 Å². The van der Waals surface area contributed by atoms with E-state index in [2.05, 4.69) is 10.5 Å². The molecule has 1 N–H and O–H groups in total. The highest BCUT2D eigenvalue weighted by Crippen LogP contribution is 2.27. The van der Waals surface area contributed by atoms with Crippen LogP contribution in [0.15, 0.2) is 35.0 Å². The molecule has 1 aromatic heterocycles. The first-order valence-electron chi connectivity index (χ1n) is 5.64. The molecular formula is C13H16N2O3. The van der Waals surface area contributed by atoms with Crippen LogP contribution in [0.5, 0.6) is 11.5 Å². The fourth-order valence-electron chi connectivity index (χ4n) is 1.65. The highest BCUT2D eigenvalue weighted by atomic mass is 16.5. The Morgan fingerprint density at radius 2 is 1.94 bits per heavy atom. The van der Waals surface area contributed by atoms with Crippen LogP contribution in [0.3, 0.4) is 0 Å². The molecule has 0 saturated carbocycles. The van der Waals surface area contributed by atoms with Crippen molar-refractivity contribution in [3.8, 4) is 11.5 Å². The first-order chi connectivity index (χ1) is 8.83. The number of nitrogens with zero attached hydrogens (tertiary/aromatic N) is 1. The second kappa shape index (κ2) is 6.07. The van der Waals surface area contributed by atoms with Gasteiger partial charge in [0.25, 0.3) is 0 Å². The Kier molecular flexibility index (Phi) is 4.20. The molecule has 0 atom stereocenters. The molecule has 0 aliphatic heterocycles. The Hall–Kier alpha value is -2.01. The van der Waals surface area contributed by atoms with Gasteiger partial charge >= 0.3 is 0 Å². The van der Waals surface area contributed by atoms with Crippen molar-refractivity contribution in [3.63, 3.8) is 0 Å². The molecule has 2 aromatic rings. The zero-order valence-corrected chi connectivity index (χ0v) is 10.5. The van der Waals surface area contributed by atoms with Crippen molar-refractivity contribution >= 4 is 0 Å². The highest BCUT2D eigenvalue weighted by molar-refractivity contribution is 5.42. The van der Waals surface area contributed by atoms with E-state index >= 15 is 0 Å². The fraction of sp³-hybridized carbons (Fsp3) is 0.308. The van der Waals surface area contributed by atoms with E-state index < -0.39 is 0 Å². The molecule has 0 saturated heterocycles. The largest absolute Gasteiger partial charge is 0.493 e. The van der Waals surface area contributed by atoms with Crippen LogP contribution in [0.2, 0.25) is 0 Å². The maximum absolute atomic E-state index is 5.25. The minimum Gasteiger partial charge on any atom is -0.493 e. The lowest BCUT2D eigenvalue weighted by Crippen LogP contribution is -2.12. The van der Waals surface area contributed by atoms with Crippen molar-refractivity contribution < 1.29 is 14.0 Å². The Bertz CT molecular complexity index is 483. The molecule has 1 heterocycles. The van der Waals surface area contributed by atoms with Gasteiger partial charge in [0.2, 0.25) is 0 Å². The summed E-state index contributed by atoms with van der Waals surface area (Å²) in [5.41, 5.74) is 1.12. The average Bonchev–Trinajstić information content (AvgIpc) is 2.91. The SMILES string of the molecule is COc1ccc(CNCc2ccno2)cc1OC. The number of benzene rings is 1. The molecule has 0 fully saturated rings. The molecule has 5 nitrogen and oxygen atoms in total. The summed E-state index contributed by atoms with van der Waals surface area (Å²) >= 11 is 0. The van der Waals surface area contributed by atoms with Gasteiger partial charge in [0.15, 0.2) is 11.5 Å². The Morgan fingerprint density at radius 1 is 1.11 bits per heavy atom. The van der Waals surface area contributed by atoms with Gasteiger partial charge in [-0.3, -0.25) is 0 Å². The third-order valence-electron chi connectivity index (χ3n) is 2.57. The molecule has 0 amide bonds. The van der Waals surface area contributed by atoms with Crippen molar-refractivity contribution in [2.24, 2.45) is 0 Å². The first-order valence-corrected chi connectivity index (χ1v) is 5.64. The molecule has 0 aliphatic rings. The van der Waals surface area contributed by atoms with Gasteiger partial charge < -0.3 is 19.3 Å². The number of aromatic nitrogens is 1. The van der Waals surface area contributed by atoms with E-state index in [1.165, 1.54) is 0 Å². The predicted octanol–water partition coefficient (Wildman–Crippen LogP) is 1.98. The quantitative estimate of drug-likeness (QED) is 0.847. The van der Waals surface area contributed by atoms with Crippen molar-refractivity contribution in [2.45, 2.75) is 13.1 Å². The smallest absolute Gasteiger partial charge is 0.161 e. The van der Waals surface area contributed by atoms with E-state index in [9.17, 15) is 0 Å². The topological polar surface area (TPSA) is 56.5 Å². The molecule has 5 heteroatoms. The molecule has 0 aliphatic carbocycles. The second-order valence-corrected chi connectivity index (χ2v) is 3.77. The number of ether oxygens (including phenoxy) is 2. The van der Waals surface area contributed by atoms with Crippen LogP contribution in [-0.4, -0.2) is 19.4 Å². The molecule has 18 heavy (non-hydrogen) atoms. The van der Waals surface area contributed by atoms with Gasteiger partial charge in [0.05, 0.1) is 27.0 Å². The van der Waals surface area contributed by atoms with Gasteiger partial charge in [-0.15, -0.1) is 0 Å². The molecule has 0 spiro atoms. The predicted molar refractivity (Wildman–Crippen MR) is 66.6 cm³/mol. The molecule has 0 radical (unpaired) electrons. The number of hydrogen-bond donors (Lipinski definition) is 1. The van der Waals surface area contributed by atoms with E-state index in [4.69, 9.17) is 14.0 Å². The number of methoxy groups -OCH3 is 2. The van der Waals surface area contributed by atoms with E-state index in [-0.39, 0.29) is 0 Å². The molecule has 1 aromatic carbocycles. The molecule has 0 unspecified atom stereocenters. The van der Waals surface area contributed by atoms with Crippen LogP contribution in [0, 0.1) is 0 Å². The van der Waals surface area contributed by atoms with E-state index in [0.29, 0.717) is 6.54 Å². The normalized spacial score (nSPS) is 10.3. The fourth-order valence-corrected chi connectivity index (χ4v) is 1.65. The minimum absolute atomic E-state index is 0.647. The van der Waals surface area contributed by atoms with Crippen LogP contribution in [0.4, 0.5) is 0 Å². The standard InChI is InChI=1S/C13H16N2O3/c1-16-12-4-3-10(7-13(12)17-2)8-14-9-11-5-6-15-18-11/h3-7,14H,8-9H2,1-2H3. The third-order valence-corrected chi connectivity index (χ3v) is 2.57. The maximum atomic E-state index is 5.25. The Morgan fingerprint density at radius 3 is 2.61 bits per heavy atom. The summed E-state index contributed by atoms with van der Waals surface area (Å²) in [5, 5.41) is 6.91. The van der Waals surface area contributed by atoms with Crippen LogP contribution in [0.25, 0.3) is 0 Å². The lowest BCUT2D eigenvalue weighted by molar-refractivity contribution is 0.354. The third kappa shape index (κ3) is 3.01. The van der Waals surface area contributed by atoms with Crippen molar-refractivity contribution in [3.05, 3.63) is 41.8 Å². The Balaban J connectivity index is 1.93. The number of hydrogen-bond acceptors (Lipinski definition) is 5. The Labute approximate surface area is 106 Å². The summed E-state index contributed by atoms with van der Waals surface area (Å²) in [4.78, 5) is 0. The van der Waals surface area contributed by atoms with Crippen LogP contribution in [-0.2, 0) is 13.1 Å². The monoisotopic (exact) mass is 248 g/mol. The molecule has 0 bridgehead atoms. The van der Waals surface area contributed by atoms with Gasteiger partial charge in [-0.2, -0.15) is 0 Å². The number of rotatable bonds is 6. The van der Waals surface area contributed by atoms with Crippen LogP contribution in [0.1, 0.15) is 11.3 Å². The average molecular weight is 248 g/mol. The van der Waals surface area contributed by atoms with Crippen LogP contribution >= 0.6 is 0 Å². The second-order valence-electron chi connectivity index (χ2n) is 3.77. The lowest BCUT2D eigenvalue weighted by Gasteiger charge is -2.09. The molecular weight excluding hydrogens is 232 g/mol. The van der Waals surface area contributed by atoms with Crippen molar-refractivity contribution in [2.75, 3.05) is 14.2 Å². The van der Waals surface area contributed by atoms with E-state index in [1.54, 1.807) is 20.4 Å². The van der Waals surface area contributed by atoms with Crippen molar-refractivity contribution in [1.82, 2.24) is 10.5 Å². The first kappa shape index (κ1) is 12.4. The number of nitrogens with one attached hydrogen (secondary N) is 1. The summed E-state index contributed by atoms with van der Waals surface area (Å²) in [6.07, 6.45) is 1.63. The molecule has 96 valence electrons. The summed E-state index contributed by atoms with van der Waals surface area (Å²) in [6.45, 7) is 1.37. The van der Waals surface area contributed by atoms with Gasteiger partial charge in [-0.05, 0) is 17.7 Å². The van der Waals surface area contributed by atoms with Crippen molar-refractivity contribution in [1.29, 1.82) is 0 Å². The maximum Gasteiger partial charge on any atom is 0.161 e. The summed E-state index contributed by atoms with van der Waals surface area (Å²) in [5.74, 6) is 2.28. The highest BCUT2D eigenvalue weighted by Gasteiger charge is 2.04. The zero-order chi connectivity index (χ0) is 12.8. The minimum atomic E-state index is 0.647. The van der Waals surface area contributed by atoms with Crippen LogP contribution < -0.4 is 14.8 Å². The van der Waals surface area contributed by atoms with Gasteiger partial charge in [-0.25, -0.2) is 0 Å². The van der Waals surface area contributed by atoms with Gasteiger partial charge in [0, 0.05) is 12.6 Å². The lowest BCUT2D eigenvalue weighted by atomic mass is 10.2.